The van der Waals surface area contributed by atoms with E-state index in [1.807, 2.05) is 33.8 Å². The fourth-order valence-electron chi connectivity index (χ4n) is 3.11. The predicted molar refractivity (Wildman–Crippen MR) is 84.0 cm³/mol. The molecular weight excluding hydrogens is 280 g/mol. The van der Waals surface area contributed by atoms with Crippen molar-refractivity contribution in [2.75, 3.05) is 11.9 Å². The summed E-state index contributed by atoms with van der Waals surface area (Å²) in [6.45, 7) is 8.39. The van der Waals surface area contributed by atoms with Crippen LogP contribution in [-0.2, 0) is 14.9 Å². The fraction of sp³-hybridized carbons (Fsp3) is 0.529. The highest BCUT2D eigenvalue weighted by atomic mass is 16.5. The Hall–Kier alpha value is -1.88. The molecule has 22 heavy (non-hydrogen) atoms. The Bertz CT molecular complexity index is 649. The van der Waals surface area contributed by atoms with E-state index < -0.39 is 5.41 Å². The molecule has 5 nitrogen and oxygen atoms in total. The summed E-state index contributed by atoms with van der Waals surface area (Å²) in [5.41, 5.74) is 1.32. The lowest BCUT2D eigenvalue weighted by Gasteiger charge is -2.26. The molecule has 1 aromatic carbocycles. The minimum absolute atomic E-state index is 0.000660. The molecule has 0 aromatic heterocycles. The third-order valence-electron chi connectivity index (χ3n) is 4.80. The van der Waals surface area contributed by atoms with Gasteiger partial charge in [0.05, 0.1) is 17.1 Å². The van der Waals surface area contributed by atoms with Crippen molar-refractivity contribution >= 4 is 17.5 Å². The van der Waals surface area contributed by atoms with Gasteiger partial charge in [-0.15, -0.1) is 0 Å². The number of carbonyl (C=O) groups is 2. The molecule has 2 aliphatic rings. The van der Waals surface area contributed by atoms with Crippen molar-refractivity contribution in [3.05, 3.63) is 29.3 Å². The number of ether oxygens (including phenoxy) is 1. The van der Waals surface area contributed by atoms with Crippen LogP contribution in [0.3, 0.4) is 0 Å². The molecule has 2 heterocycles. The highest BCUT2D eigenvalue weighted by Gasteiger charge is 2.39. The maximum atomic E-state index is 12.5. The first-order valence-electron chi connectivity index (χ1n) is 7.62. The minimum Gasteiger partial charge on any atom is -0.373 e. The van der Waals surface area contributed by atoms with E-state index in [1.165, 1.54) is 0 Å². The van der Waals surface area contributed by atoms with Crippen molar-refractivity contribution in [2.45, 2.75) is 51.2 Å². The molecule has 1 aromatic rings. The van der Waals surface area contributed by atoms with E-state index in [4.69, 9.17) is 4.74 Å². The third kappa shape index (κ3) is 2.29. The summed E-state index contributed by atoms with van der Waals surface area (Å²) >= 11 is 0. The van der Waals surface area contributed by atoms with Crippen LogP contribution in [0.1, 0.15) is 50.0 Å². The highest BCUT2D eigenvalue weighted by molar-refractivity contribution is 6.07. The number of hydrogen-bond acceptors (Lipinski definition) is 3. The van der Waals surface area contributed by atoms with Gasteiger partial charge in [0.25, 0.3) is 5.91 Å². The molecule has 1 atom stereocenters. The van der Waals surface area contributed by atoms with Gasteiger partial charge >= 0.3 is 0 Å². The summed E-state index contributed by atoms with van der Waals surface area (Å²) in [7, 11) is 0. The fourth-order valence-corrected chi connectivity index (χ4v) is 3.11. The van der Waals surface area contributed by atoms with Gasteiger partial charge in [-0.05, 0) is 51.8 Å². The second-order valence-electron chi connectivity index (χ2n) is 7.11. The molecule has 0 radical (unpaired) electrons. The molecule has 2 amide bonds. The van der Waals surface area contributed by atoms with Gasteiger partial charge in [0.2, 0.25) is 5.91 Å². The van der Waals surface area contributed by atoms with Gasteiger partial charge in [-0.25, -0.2) is 0 Å². The monoisotopic (exact) mass is 302 g/mol. The van der Waals surface area contributed by atoms with Crippen molar-refractivity contribution in [3.63, 3.8) is 0 Å². The lowest BCUT2D eigenvalue weighted by atomic mass is 9.86. The quantitative estimate of drug-likeness (QED) is 0.880. The van der Waals surface area contributed by atoms with Gasteiger partial charge in [-0.2, -0.15) is 0 Å². The predicted octanol–water partition coefficient (Wildman–Crippen LogP) is 2.21. The zero-order valence-electron chi connectivity index (χ0n) is 13.4. The smallest absolute Gasteiger partial charge is 0.251 e. The lowest BCUT2D eigenvalue weighted by Crippen LogP contribution is -2.46. The van der Waals surface area contributed by atoms with Crippen LogP contribution in [0.2, 0.25) is 0 Å². The van der Waals surface area contributed by atoms with Crippen molar-refractivity contribution in [3.8, 4) is 0 Å². The van der Waals surface area contributed by atoms with Crippen LogP contribution in [0.25, 0.3) is 0 Å². The number of amides is 2. The minimum atomic E-state index is -0.550. The standard InChI is InChI=1S/C17H22N2O3/c1-16(2)11-6-5-10(9-12(11)18-15(16)21)14(20)19-13-7-8-22-17(13,3)4/h5-6,9,13H,7-8H2,1-4H3,(H,18,21)(H,19,20)/t13-/m0/s1. The van der Waals surface area contributed by atoms with Crippen LogP contribution in [0.4, 0.5) is 5.69 Å². The van der Waals surface area contributed by atoms with Crippen LogP contribution in [0, 0.1) is 0 Å². The van der Waals surface area contributed by atoms with Crippen LogP contribution in [0.5, 0.6) is 0 Å². The Balaban J connectivity index is 1.81. The average molecular weight is 302 g/mol. The number of anilines is 1. The van der Waals surface area contributed by atoms with E-state index >= 15 is 0 Å². The zero-order chi connectivity index (χ0) is 16.1. The largest absolute Gasteiger partial charge is 0.373 e. The maximum absolute atomic E-state index is 12.5. The Labute approximate surface area is 130 Å². The summed E-state index contributed by atoms with van der Waals surface area (Å²) in [6, 6.07) is 5.39. The van der Waals surface area contributed by atoms with Gasteiger partial charge < -0.3 is 15.4 Å². The normalized spacial score (nSPS) is 24.7. The van der Waals surface area contributed by atoms with Gasteiger partial charge in [0.1, 0.15) is 0 Å². The molecule has 118 valence electrons. The Morgan fingerprint density at radius 3 is 2.68 bits per heavy atom. The number of fused-ring (bicyclic) bond motifs is 1. The van der Waals surface area contributed by atoms with Crippen LogP contribution >= 0.6 is 0 Å². The van der Waals surface area contributed by atoms with Crippen molar-refractivity contribution in [1.29, 1.82) is 0 Å². The molecule has 0 aliphatic carbocycles. The number of hydrogen-bond donors (Lipinski definition) is 2. The molecule has 5 heteroatoms. The number of benzene rings is 1. The second kappa shape index (κ2) is 4.81. The first-order chi connectivity index (χ1) is 10.2. The molecule has 0 bridgehead atoms. The third-order valence-corrected chi connectivity index (χ3v) is 4.80. The van der Waals surface area contributed by atoms with Crippen LogP contribution in [-0.4, -0.2) is 30.1 Å². The van der Waals surface area contributed by atoms with Crippen LogP contribution in [0.15, 0.2) is 18.2 Å². The molecule has 0 saturated carbocycles. The van der Waals surface area contributed by atoms with Crippen molar-refractivity contribution in [1.82, 2.24) is 5.32 Å². The van der Waals surface area contributed by atoms with Crippen LogP contribution < -0.4 is 10.6 Å². The second-order valence-corrected chi connectivity index (χ2v) is 7.11. The van der Waals surface area contributed by atoms with Gasteiger partial charge in [-0.1, -0.05) is 6.07 Å². The number of carbonyl (C=O) groups excluding carboxylic acids is 2. The van der Waals surface area contributed by atoms with Crippen molar-refractivity contribution < 1.29 is 14.3 Å². The Morgan fingerprint density at radius 2 is 2.05 bits per heavy atom. The summed E-state index contributed by atoms with van der Waals surface area (Å²) in [5, 5.41) is 5.88. The summed E-state index contributed by atoms with van der Waals surface area (Å²) < 4.78 is 5.63. The SMILES string of the molecule is CC1(C)C(=O)Nc2cc(C(=O)N[C@H]3CCOC3(C)C)ccc21. The first-order valence-corrected chi connectivity index (χ1v) is 7.62. The summed E-state index contributed by atoms with van der Waals surface area (Å²) in [5.74, 6) is -0.171. The average Bonchev–Trinajstić information content (AvgIpc) is 2.87. The van der Waals surface area contributed by atoms with E-state index in [1.54, 1.807) is 12.1 Å². The highest BCUT2D eigenvalue weighted by Crippen LogP contribution is 2.37. The zero-order valence-corrected chi connectivity index (χ0v) is 13.4. The maximum Gasteiger partial charge on any atom is 0.251 e. The Kier molecular flexibility index (Phi) is 3.29. The molecule has 1 fully saturated rings. The summed E-state index contributed by atoms with van der Waals surface area (Å²) in [6.07, 6.45) is 0.813. The van der Waals surface area contributed by atoms with E-state index in [-0.39, 0.29) is 23.5 Å². The topological polar surface area (TPSA) is 67.4 Å². The van der Waals surface area contributed by atoms with Gasteiger partial charge in [0.15, 0.2) is 0 Å². The van der Waals surface area contributed by atoms with E-state index in [2.05, 4.69) is 10.6 Å². The van der Waals surface area contributed by atoms with Gasteiger partial charge in [-0.3, -0.25) is 9.59 Å². The Morgan fingerprint density at radius 1 is 1.32 bits per heavy atom. The molecule has 2 aliphatic heterocycles. The molecule has 0 unspecified atom stereocenters. The molecule has 1 saturated heterocycles. The molecular formula is C17H22N2O3. The molecule has 0 spiro atoms. The van der Waals surface area contributed by atoms with Crippen molar-refractivity contribution in [2.24, 2.45) is 0 Å². The van der Waals surface area contributed by atoms with E-state index in [9.17, 15) is 9.59 Å². The summed E-state index contributed by atoms with van der Waals surface area (Å²) in [4.78, 5) is 24.4. The molecule has 3 rings (SSSR count). The number of rotatable bonds is 2. The van der Waals surface area contributed by atoms with E-state index in [0.717, 1.165) is 17.7 Å². The number of nitrogens with one attached hydrogen (secondary N) is 2. The van der Waals surface area contributed by atoms with Gasteiger partial charge in [0, 0.05) is 17.9 Å². The molecule has 2 N–H and O–H groups in total. The lowest BCUT2D eigenvalue weighted by molar-refractivity contribution is -0.119. The van der Waals surface area contributed by atoms with E-state index in [0.29, 0.717) is 12.2 Å². The first kappa shape index (κ1) is 15.0.